The first-order valence-corrected chi connectivity index (χ1v) is 14.0. The van der Waals surface area contributed by atoms with Gasteiger partial charge in [-0.25, -0.2) is 14.0 Å². The summed E-state index contributed by atoms with van der Waals surface area (Å²) in [6.07, 6.45) is -7.79. The van der Waals surface area contributed by atoms with Crippen LogP contribution in [0.5, 0.6) is 0 Å². The van der Waals surface area contributed by atoms with Crippen molar-refractivity contribution in [3.8, 4) is 0 Å². The van der Waals surface area contributed by atoms with Crippen molar-refractivity contribution >= 4 is 23.7 Å². The van der Waals surface area contributed by atoms with Gasteiger partial charge in [-0.05, 0) is 56.0 Å². The third-order valence-corrected chi connectivity index (χ3v) is 8.36. The van der Waals surface area contributed by atoms with Crippen molar-refractivity contribution in [3.05, 3.63) is 59.2 Å². The summed E-state index contributed by atoms with van der Waals surface area (Å²) in [4.78, 5) is 46.2. The summed E-state index contributed by atoms with van der Waals surface area (Å²) in [6, 6.07) is 1.56. The summed E-state index contributed by atoms with van der Waals surface area (Å²) in [6.45, 7) is 0.0843. The molecular weight excluding hydrogens is 615 g/mol. The predicted molar refractivity (Wildman–Crippen MR) is 147 cm³/mol. The van der Waals surface area contributed by atoms with Crippen LogP contribution in [-0.2, 0) is 21.9 Å². The largest absolute Gasteiger partial charge is 0.453 e. The Balaban J connectivity index is 1.57. The number of hydrogen-bond acceptors (Lipinski definition) is 5. The Hall–Kier alpha value is -4.11. The highest BCUT2D eigenvalue weighted by molar-refractivity contribution is 5.92. The van der Waals surface area contributed by atoms with E-state index in [1.54, 1.807) is 0 Å². The Bertz CT molecular complexity index is 1360. The van der Waals surface area contributed by atoms with Gasteiger partial charge in [0.25, 0.3) is 0 Å². The van der Waals surface area contributed by atoms with Crippen LogP contribution in [0.25, 0.3) is 0 Å². The van der Waals surface area contributed by atoms with Gasteiger partial charge in [0.2, 0.25) is 5.91 Å². The SMILES string of the molecule is COC(=O)N[C@H]1CC[C@H](C(=O)N2C[C@@H](N(C)C(=O)N(C)c3cc(C(F)(F)F)cc(C(F)(F)F)c3)[C@H](c3ccc(F)cn3)C2)CC1. The van der Waals surface area contributed by atoms with Crippen LogP contribution in [0, 0.1) is 11.7 Å². The number of rotatable bonds is 5. The smallest absolute Gasteiger partial charge is 0.416 e. The highest BCUT2D eigenvalue weighted by Crippen LogP contribution is 2.39. The Morgan fingerprint density at radius 2 is 1.53 bits per heavy atom. The zero-order valence-corrected chi connectivity index (χ0v) is 24.6. The van der Waals surface area contributed by atoms with E-state index in [2.05, 4.69) is 15.0 Å². The molecule has 45 heavy (non-hydrogen) atoms. The quantitative estimate of drug-likeness (QED) is 0.423. The first-order chi connectivity index (χ1) is 21.0. The standard InChI is InChI=1S/C29H32F7N5O4/c1-39(21-11-17(28(31,32)33)10-18(12-21)29(34,35)36)27(44)40(2)24-15-41(14-22(24)23-9-6-19(30)13-37-23)25(42)16-4-7-20(8-5-16)38-26(43)45-3/h6,9-13,16,20,22,24H,4-5,7-8,14-15H2,1-3H3,(H,38,43)/t16-,20-,22-,24+/m0/s1. The second kappa shape index (κ2) is 13.1. The molecule has 2 aromatic rings. The third kappa shape index (κ3) is 7.76. The lowest BCUT2D eigenvalue weighted by Crippen LogP contribution is -2.48. The molecule has 246 valence electrons. The number of urea groups is 1. The molecule has 4 amide bonds. The van der Waals surface area contributed by atoms with E-state index >= 15 is 0 Å². The number of aromatic nitrogens is 1. The monoisotopic (exact) mass is 647 g/mol. The minimum Gasteiger partial charge on any atom is -0.453 e. The lowest BCUT2D eigenvalue weighted by molar-refractivity contribution is -0.143. The summed E-state index contributed by atoms with van der Waals surface area (Å²) >= 11 is 0. The zero-order chi connectivity index (χ0) is 33.3. The van der Waals surface area contributed by atoms with Crippen molar-refractivity contribution < 1.29 is 49.9 Å². The second-order valence-electron chi connectivity index (χ2n) is 11.2. The minimum atomic E-state index is -5.11. The van der Waals surface area contributed by atoms with Crippen LogP contribution in [-0.4, -0.2) is 79.2 Å². The number of amides is 4. The maximum atomic E-state index is 13.7. The number of halogens is 7. The molecule has 4 rings (SSSR count). The molecule has 2 aliphatic rings. The van der Waals surface area contributed by atoms with Crippen LogP contribution in [0.1, 0.15) is 48.4 Å². The highest BCUT2D eigenvalue weighted by atomic mass is 19.4. The van der Waals surface area contributed by atoms with Crippen molar-refractivity contribution in [2.24, 2.45) is 5.92 Å². The second-order valence-corrected chi connectivity index (χ2v) is 11.2. The molecule has 1 saturated heterocycles. The van der Waals surface area contributed by atoms with E-state index in [1.807, 2.05) is 0 Å². The van der Waals surface area contributed by atoms with Crippen molar-refractivity contribution in [1.82, 2.24) is 20.1 Å². The lowest BCUT2D eigenvalue weighted by atomic mass is 9.85. The maximum Gasteiger partial charge on any atom is 0.416 e. The molecule has 2 heterocycles. The van der Waals surface area contributed by atoms with Crippen molar-refractivity contribution in [2.75, 3.05) is 39.2 Å². The van der Waals surface area contributed by atoms with Crippen LogP contribution in [0.2, 0.25) is 0 Å². The van der Waals surface area contributed by atoms with Gasteiger partial charge in [-0.15, -0.1) is 0 Å². The number of pyridine rings is 1. The van der Waals surface area contributed by atoms with Gasteiger partial charge < -0.3 is 19.9 Å². The molecular formula is C29H32F7N5O4. The molecule has 0 spiro atoms. The molecule has 1 N–H and O–H groups in total. The molecule has 9 nitrogen and oxygen atoms in total. The average molecular weight is 648 g/mol. The van der Waals surface area contributed by atoms with Crippen molar-refractivity contribution in [2.45, 2.75) is 56.0 Å². The van der Waals surface area contributed by atoms with E-state index < -0.39 is 59.1 Å². The van der Waals surface area contributed by atoms with Crippen molar-refractivity contribution in [3.63, 3.8) is 0 Å². The van der Waals surface area contributed by atoms with E-state index in [-0.39, 0.29) is 37.0 Å². The summed E-state index contributed by atoms with van der Waals surface area (Å²) in [5.41, 5.74) is -3.42. The predicted octanol–water partition coefficient (Wildman–Crippen LogP) is 5.66. The number of likely N-dealkylation sites (tertiary alicyclic amines) is 1. The maximum absolute atomic E-state index is 13.7. The van der Waals surface area contributed by atoms with Crippen LogP contribution >= 0.6 is 0 Å². The Kier molecular flexibility index (Phi) is 9.82. The van der Waals surface area contributed by atoms with Crippen molar-refractivity contribution in [1.29, 1.82) is 0 Å². The van der Waals surface area contributed by atoms with Gasteiger partial charge in [-0.3, -0.25) is 14.7 Å². The molecule has 16 heteroatoms. The Morgan fingerprint density at radius 1 is 0.933 bits per heavy atom. The molecule has 1 aliphatic carbocycles. The highest BCUT2D eigenvalue weighted by Gasteiger charge is 2.44. The number of benzene rings is 1. The minimum absolute atomic E-state index is 0.00460. The van der Waals surface area contributed by atoms with E-state index in [9.17, 15) is 45.1 Å². The zero-order valence-electron chi connectivity index (χ0n) is 24.6. The van der Waals surface area contributed by atoms with E-state index in [0.29, 0.717) is 48.4 Å². The Labute approximate surface area is 254 Å². The number of carbonyl (C=O) groups is 3. The van der Waals surface area contributed by atoms with Gasteiger partial charge in [-0.2, -0.15) is 26.3 Å². The van der Waals surface area contributed by atoms with Crippen LogP contribution < -0.4 is 10.2 Å². The number of hydrogen-bond donors (Lipinski definition) is 1. The van der Waals surface area contributed by atoms with Crippen LogP contribution in [0.4, 0.5) is 46.0 Å². The number of nitrogens with zero attached hydrogens (tertiary/aromatic N) is 4. The molecule has 1 saturated carbocycles. The van der Waals surface area contributed by atoms with E-state index in [4.69, 9.17) is 0 Å². The van der Waals surface area contributed by atoms with Gasteiger partial charge in [0, 0.05) is 56.4 Å². The summed E-state index contributed by atoms with van der Waals surface area (Å²) in [5, 5.41) is 2.71. The fourth-order valence-electron chi connectivity index (χ4n) is 5.85. The Morgan fingerprint density at radius 3 is 2.04 bits per heavy atom. The fourth-order valence-corrected chi connectivity index (χ4v) is 5.85. The molecule has 0 unspecified atom stereocenters. The summed E-state index contributed by atoms with van der Waals surface area (Å²) < 4.78 is 99.1. The number of alkyl carbamates (subject to hydrolysis) is 1. The number of nitrogens with one attached hydrogen (secondary N) is 1. The average Bonchev–Trinajstić information content (AvgIpc) is 3.44. The first-order valence-electron chi connectivity index (χ1n) is 14.0. The first kappa shape index (κ1) is 33.8. The van der Waals surface area contributed by atoms with Gasteiger partial charge in [0.15, 0.2) is 0 Å². The van der Waals surface area contributed by atoms with E-state index in [0.717, 1.165) is 24.2 Å². The van der Waals surface area contributed by atoms with E-state index in [1.165, 1.54) is 25.1 Å². The molecule has 1 aromatic carbocycles. The topological polar surface area (TPSA) is 95.1 Å². The molecule has 2 fully saturated rings. The third-order valence-electron chi connectivity index (χ3n) is 8.36. The number of ether oxygens (including phenoxy) is 1. The van der Waals surface area contributed by atoms with Gasteiger partial charge >= 0.3 is 24.5 Å². The summed E-state index contributed by atoms with van der Waals surface area (Å²) in [5.74, 6) is -1.84. The van der Waals surface area contributed by atoms with Gasteiger partial charge in [-0.1, -0.05) is 0 Å². The summed E-state index contributed by atoms with van der Waals surface area (Å²) in [7, 11) is 3.63. The lowest BCUT2D eigenvalue weighted by Gasteiger charge is -2.33. The number of carbonyl (C=O) groups excluding carboxylic acids is 3. The molecule has 0 radical (unpaired) electrons. The normalized spacial score (nSPS) is 22.1. The number of likely N-dealkylation sites (N-methyl/N-ethyl adjacent to an activating group) is 1. The molecule has 0 bridgehead atoms. The molecule has 2 atom stereocenters. The number of alkyl halides is 6. The van der Waals surface area contributed by atoms with Crippen LogP contribution in [0.15, 0.2) is 36.5 Å². The molecule has 1 aromatic heterocycles. The molecule has 1 aliphatic heterocycles. The number of methoxy groups -OCH3 is 1. The van der Waals surface area contributed by atoms with Gasteiger partial charge in [0.05, 0.1) is 30.5 Å². The van der Waals surface area contributed by atoms with Crippen LogP contribution in [0.3, 0.4) is 0 Å². The van der Waals surface area contributed by atoms with Gasteiger partial charge in [0.1, 0.15) is 5.82 Å². The fraction of sp³-hybridized carbons (Fsp3) is 0.517. The number of anilines is 1.